The Labute approximate surface area is 176 Å². The number of aliphatic imine (C=N–C) groups is 1. The van der Waals surface area contributed by atoms with Crippen molar-refractivity contribution in [2.45, 2.75) is 19.4 Å². The minimum absolute atomic E-state index is 0.0824. The van der Waals surface area contributed by atoms with E-state index in [1.807, 2.05) is 31.2 Å². The lowest BCUT2D eigenvalue weighted by atomic mass is 10.0. The summed E-state index contributed by atoms with van der Waals surface area (Å²) >= 11 is 8.10. The summed E-state index contributed by atoms with van der Waals surface area (Å²) in [6, 6.07) is 9.07. The molecule has 0 saturated carbocycles. The largest absolute Gasteiger partial charge is 0.428 e. The number of rotatable bonds is 4. The molecule has 1 aliphatic rings. The highest BCUT2D eigenvalue weighted by atomic mass is 35.5. The molecule has 1 aliphatic heterocycles. The van der Waals surface area contributed by atoms with Gasteiger partial charge in [-0.05, 0) is 30.7 Å². The molecule has 3 aromatic rings. The van der Waals surface area contributed by atoms with Gasteiger partial charge in [-0.15, -0.1) is 11.3 Å². The lowest BCUT2D eigenvalue weighted by Crippen LogP contribution is -2.24. The summed E-state index contributed by atoms with van der Waals surface area (Å²) < 4.78 is 4.86. The lowest BCUT2D eigenvalue weighted by Gasteiger charge is -2.20. The van der Waals surface area contributed by atoms with Gasteiger partial charge in [0.1, 0.15) is 11.7 Å². The van der Waals surface area contributed by atoms with Gasteiger partial charge in [-0.2, -0.15) is 0 Å². The third-order valence-corrected chi connectivity index (χ3v) is 6.26. The van der Waals surface area contributed by atoms with Crippen LogP contribution >= 0.6 is 22.9 Å². The molecule has 29 heavy (non-hydrogen) atoms. The molecule has 0 aliphatic carbocycles. The third-order valence-electron chi connectivity index (χ3n) is 4.55. The number of aryl methyl sites for hydroxylation is 1. The number of ether oxygens (including phenoxy) is 1. The zero-order chi connectivity index (χ0) is 20.5. The van der Waals surface area contributed by atoms with Crippen molar-refractivity contribution in [2.75, 3.05) is 0 Å². The molecule has 0 spiro atoms. The highest BCUT2D eigenvalue weighted by Crippen LogP contribution is 2.41. The Morgan fingerprint density at radius 2 is 2.21 bits per heavy atom. The van der Waals surface area contributed by atoms with Crippen molar-refractivity contribution in [1.29, 1.82) is 10.8 Å². The Balaban J connectivity index is 1.68. The summed E-state index contributed by atoms with van der Waals surface area (Å²) in [5.74, 6) is 1.03. The van der Waals surface area contributed by atoms with Crippen molar-refractivity contribution < 1.29 is 4.74 Å². The zero-order valence-corrected chi connectivity index (χ0v) is 17.0. The van der Waals surface area contributed by atoms with Crippen molar-refractivity contribution in [3.63, 3.8) is 0 Å². The van der Waals surface area contributed by atoms with Gasteiger partial charge in [0.25, 0.3) is 0 Å². The molecule has 3 heterocycles. The van der Waals surface area contributed by atoms with E-state index in [1.165, 1.54) is 11.3 Å². The lowest BCUT2D eigenvalue weighted by molar-refractivity contribution is 0.561. The van der Waals surface area contributed by atoms with Gasteiger partial charge in [0.2, 0.25) is 5.90 Å². The van der Waals surface area contributed by atoms with Gasteiger partial charge in [0.05, 0.1) is 22.3 Å². The van der Waals surface area contributed by atoms with Gasteiger partial charge >= 0.3 is 0 Å². The number of nitrogens with one attached hydrogen (secondary N) is 2. The van der Waals surface area contributed by atoms with Crippen molar-refractivity contribution in [1.82, 2.24) is 9.97 Å². The average Bonchev–Trinajstić information content (AvgIpc) is 3.09. The van der Waals surface area contributed by atoms with Crippen LogP contribution in [0.25, 0.3) is 10.4 Å². The zero-order valence-electron chi connectivity index (χ0n) is 15.4. The molecule has 0 fully saturated rings. The second-order valence-corrected chi connectivity index (χ2v) is 7.97. The van der Waals surface area contributed by atoms with Crippen LogP contribution in [0.5, 0.6) is 0 Å². The Morgan fingerprint density at radius 3 is 3.00 bits per heavy atom. The van der Waals surface area contributed by atoms with E-state index < -0.39 is 0 Å². The van der Waals surface area contributed by atoms with Crippen molar-refractivity contribution in [3.05, 3.63) is 69.1 Å². The molecule has 146 valence electrons. The summed E-state index contributed by atoms with van der Waals surface area (Å²) in [5.41, 5.74) is 9.29. The van der Waals surface area contributed by atoms with Crippen molar-refractivity contribution in [3.8, 4) is 10.4 Å². The van der Waals surface area contributed by atoms with Crippen LogP contribution in [0, 0.1) is 17.7 Å². The Bertz CT molecular complexity index is 1160. The summed E-state index contributed by atoms with van der Waals surface area (Å²) in [5, 5.41) is 15.5. The summed E-state index contributed by atoms with van der Waals surface area (Å²) in [4.78, 5) is 15.2. The molecule has 1 atom stereocenters. The second kappa shape index (κ2) is 7.73. The Hall–Kier alpha value is -3.10. The number of thiophene rings is 1. The maximum Gasteiger partial charge on any atom is 0.220 e. The molecule has 9 heteroatoms. The highest BCUT2D eigenvalue weighted by molar-refractivity contribution is 7.16. The number of halogens is 1. The Kier molecular flexibility index (Phi) is 5.12. The van der Waals surface area contributed by atoms with Crippen LogP contribution in [-0.2, 0) is 11.2 Å². The van der Waals surface area contributed by atoms with Gasteiger partial charge in [-0.1, -0.05) is 23.7 Å². The molecule has 4 rings (SSSR count). The summed E-state index contributed by atoms with van der Waals surface area (Å²) in [7, 11) is 0. The molecule has 0 bridgehead atoms. The summed E-state index contributed by atoms with van der Waals surface area (Å²) in [6.07, 6.45) is 3.06. The number of aromatic nitrogens is 2. The Morgan fingerprint density at radius 1 is 1.38 bits per heavy atom. The summed E-state index contributed by atoms with van der Waals surface area (Å²) in [6.45, 7) is 1.85. The van der Waals surface area contributed by atoms with Gasteiger partial charge in [-0.3, -0.25) is 15.8 Å². The van der Waals surface area contributed by atoms with Gasteiger partial charge < -0.3 is 10.5 Å². The molecule has 0 amide bonds. The normalized spacial score (nSPS) is 15.4. The van der Waals surface area contributed by atoms with Gasteiger partial charge in [0, 0.05) is 27.9 Å². The fourth-order valence-electron chi connectivity index (χ4n) is 3.20. The van der Waals surface area contributed by atoms with Crippen LogP contribution < -0.4 is 5.73 Å². The number of hydrogen-bond donors (Lipinski definition) is 3. The fraction of sp³-hybridized carbons (Fsp3) is 0.150. The van der Waals surface area contributed by atoms with E-state index in [1.54, 1.807) is 12.3 Å². The monoisotopic (exact) mass is 424 g/mol. The van der Waals surface area contributed by atoms with E-state index in [2.05, 4.69) is 15.0 Å². The van der Waals surface area contributed by atoms with Crippen molar-refractivity contribution in [2.24, 2.45) is 10.7 Å². The molecule has 2 aromatic heterocycles. The van der Waals surface area contributed by atoms with Crippen LogP contribution in [0.1, 0.15) is 33.6 Å². The number of fused-ring (bicyclic) bond motifs is 1. The minimum atomic E-state index is -0.203. The molecule has 1 aromatic carbocycles. The van der Waals surface area contributed by atoms with Crippen LogP contribution in [0.4, 0.5) is 0 Å². The second-order valence-electron chi connectivity index (χ2n) is 6.48. The molecule has 4 N–H and O–H groups in total. The molecule has 0 radical (unpaired) electrons. The molecular weight excluding hydrogens is 408 g/mol. The number of nitrogens with two attached hydrogens (primary N) is 1. The first kappa shape index (κ1) is 19.2. The molecule has 7 nitrogen and oxygen atoms in total. The van der Waals surface area contributed by atoms with E-state index in [9.17, 15) is 0 Å². The number of nitrogens with zero attached hydrogens (tertiary/aromatic N) is 3. The first-order chi connectivity index (χ1) is 14.0. The van der Waals surface area contributed by atoms with Gasteiger partial charge in [-0.25, -0.2) is 9.97 Å². The standard InChI is InChI=1S/C20H17ClN6OS/c1-10-25-8-13-15(26-10)7-16(27-19(13)23)18-14(21)6-17(29-18)11-3-2-4-12(5-11)20(24)28-9-22/h2-6,8-9,16,22,24H,7H2,1H3,(H2,23,27). The smallest absolute Gasteiger partial charge is 0.220 e. The van der Waals surface area contributed by atoms with Crippen LogP contribution in [0.2, 0.25) is 5.02 Å². The van der Waals surface area contributed by atoms with E-state index in [0.29, 0.717) is 28.7 Å². The number of benzene rings is 1. The topological polar surface area (TPSA) is 121 Å². The average molecular weight is 425 g/mol. The van der Waals surface area contributed by atoms with Crippen molar-refractivity contribution >= 4 is 41.1 Å². The molecule has 1 unspecified atom stereocenters. The first-order valence-electron chi connectivity index (χ1n) is 8.76. The minimum Gasteiger partial charge on any atom is -0.428 e. The van der Waals surface area contributed by atoms with Crippen LogP contribution in [-0.4, -0.2) is 28.1 Å². The quantitative estimate of drug-likeness (QED) is 0.430. The van der Waals surface area contributed by atoms with E-state index in [-0.39, 0.29) is 11.9 Å². The maximum absolute atomic E-state index is 7.87. The third kappa shape index (κ3) is 3.76. The highest BCUT2D eigenvalue weighted by Gasteiger charge is 2.26. The molecule has 0 saturated heterocycles. The predicted molar refractivity (Wildman–Crippen MR) is 115 cm³/mol. The van der Waals surface area contributed by atoms with E-state index >= 15 is 0 Å². The SMILES string of the molecule is Cc1ncc2c(n1)CC(c1sc(-c3cccc(C(=N)OC=N)c3)cc1Cl)N=C2N. The van der Waals surface area contributed by atoms with Crippen LogP contribution in [0.15, 0.2) is 41.5 Å². The first-order valence-corrected chi connectivity index (χ1v) is 9.96. The predicted octanol–water partition coefficient (Wildman–Crippen LogP) is 4.12. The number of hydrogen-bond acceptors (Lipinski definition) is 8. The maximum atomic E-state index is 7.87. The van der Waals surface area contributed by atoms with Gasteiger partial charge in [0.15, 0.2) is 6.40 Å². The van der Waals surface area contributed by atoms with E-state index in [0.717, 1.165) is 33.0 Å². The van der Waals surface area contributed by atoms with Crippen LogP contribution in [0.3, 0.4) is 0 Å². The number of amidine groups is 1. The fourth-order valence-corrected chi connectivity index (χ4v) is 4.70. The molecular formula is C20H17ClN6OS. The van der Waals surface area contributed by atoms with E-state index in [4.69, 9.17) is 32.9 Å².